The monoisotopic (exact) mass is 309 g/mol. The Kier molecular flexibility index (Phi) is 3.47. The molecule has 5 nitrogen and oxygen atoms in total. The molecule has 0 spiro atoms. The molecule has 0 unspecified atom stereocenters. The molecule has 2 heterocycles. The second kappa shape index (κ2) is 5.14. The van der Waals surface area contributed by atoms with E-state index in [1.54, 1.807) is 18.4 Å². The lowest BCUT2D eigenvalue weighted by Crippen LogP contribution is -2.26. The van der Waals surface area contributed by atoms with Gasteiger partial charge in [0.15, 0.2) is 4.77 Å². The normalized spacial score (nSPS) is 13.7. The number of thiophene rings is 1. The zero-order valence-corrected chi connectivity index (χ0v) is 12.7. The molecule has 1 aliphatic carbocycles. The van der Waals surface area contributed by atoms with Crippen molar-refractivity contribution >= 4 is 39.7 Å². The molecule has 2 N–H and O–H groups in total. The Morgan fingerprint density at radius 2 is 2.30 bits per heavy atom. The number of fused-ring (bicyclic) bond motifs is 3. The largest absolute Gasteiger partial charge is 0.359 e. The SMILES string of the molecule is CNC(=O)CCn1c(=S)[nH]c2sc3c(c2c1=O)CCC3. The number of nitrogens with zero attached hydrogens (tertiary/aromatic N) is 1. The number of nitrogens with one attached hydrogen (secondary N) is 2. The summed E-state index contributed by atoms with van der Waals surface area (Å²) in [5, 5.41) is 3.32. The van der Waals surface area contributed by atoms with Crippen LogP contribution in [0.1, 0.15) is 23.3 Å². The number of hydrogen-bond donors (Lipinski definition) is 2. The van der Waals surface area contributed by atoms with Crippen LogP contribution in [0, 0.1) is 4.77 Å². The van der Waals surface area contributed by atoms with Crippen LogP contribution >= 0.6 is 23.6 Å². The minimum absolute atomic E-state index is 0.0629. The number of rotatable bonds is 3. The van der Waals surface area contributed by atoms with Crippen LogP contribution in [0.15, 0.2) is 4.79 Å². The summed E-state index contributed by atoms with van der Waals surface area (Å²) < 4.78 is 1.89. The van der Waals surface area contributed by atoms with E-state index < -0.39 is 0 Å². The Bertz CT molecular complexity index is 800. The fraction of sp³-hybridized carbons (Fsp3) is 0.462. The summed E-state index contributed by atoms with van der Waals surface area (Å²) in [6.45, 7) is 0.314. The van der Waals surface area contributed by atoms with Gasteiger partial charge in [0, 0.05) is 24.9 Å². The third-order valence-corrected chi connectivity index (χ3v) is 5.22. The van der Waals surface area contributed by atoms with Crippen LogP contribution in [0.2, 0.25) is 0 Å². The van der Waals surface area contributed by atoms with Gasteiger partial charge in [-0.2, -0.15) is 0 Å². The fourth-order valence-corrected chi connectivity index (χ4v) is 4.27. The van der Waals surface area contributed by atoms with E-state index in [-0.39, 0.29) is 17.9 Å². The predicted molar refractivity (Wildman–Crippen MR) is 82.0 cm³/mol. The van der Waals surface area contributed by atoms with Gasteiger partial charge in [-0.3, -0.25) is 14.2 Å². The van der Waals surface area contributed by atoms with Crippen molar-refractivity contribution in [1.29, 1.82) is 0 Å². The Balaban J connectivity index is 2.11. The van der Waals surface area contributed by atoms with Crippen molar-refractivity contribution in [3.63, 3.8) is 0 Å². The standard InChI is InChI=1S/C13H15N3O2S2/c1-14-9(17)5-6-16-12(18)10-7-3-2-4-8(7)20-11(10)15-13(16)19/h2-6H2,1H3,(H,14,17)(H,15,19). The van der Waals surface area contributed by atoms with Crippen molar-refractivity contribution in [3.05, 3.63) is 25.6 Å². The molecule has 0 aromatic carbocycles. The topological polar surface area (TPSA) is 66.9 Å². The molecule has 0 fully saturated rings. The van der Waals surface area contributed by atoms with Gasteiger partial charge in [0.2, 0.25) is 5.91 Å². The van der Waals surface area contributed by atoms with E-state index in [0.29, 0.717) is 11.3 Å². The van der Waals surface area contributed by atoms with E-state index in [1.807, 2.05) is 0 Å². The number of H-pyrrole nitrogens is 1. The van der Waals surface area contributed by atoms with E-state index in [2.05, 4.69) is 10.3 Å². The van der Waals surface area contributed by atoms with Gasteiger partial charge in [0.1, 0.15) is 4.83 Å². The van der Waals surface area contributed by atoms with E-state index >= 15 is 0 Å². The number of aryl methyl sites for hydroxylation is 2. The summed E-state index contributed by atoms with van der Waals surface area (Å²) in [7, 11) is 1.58. The molecule has 0 radical (unpaired) electrons. The van der Waals surface area contributed by atoms with Gasteiger partial charge in [0.25, 0.3) is 5.56 Å². The van der Waals surface area contributed by atoms with Crippen molar-refractivity contribution in [2.45, 2.75) is 32.2 Å². The Morgan fingerprint density at radius 1 is 1.50 bits per heavy atom. The molecule has 20 heavy (non-hydrogen) atoms. The molecule has 0 atom stereocenters. The highest BCUT2D eigenvalue weighted by Crippen LogP contribution is 2.34. The third-order valence-electron chi connectivity index (χ3n) is 3.69. The lowest BCUT2D eigenvalue weighted by molar-refractivity contribution is -0.120. The number of aromatic amines is 1. The van der Waals surface area contributed by atoms with Crippen molar-refractivity contribution in [2.24, 2.45) is 0 Å². The molecule has 1 aliphatic rings. The first-order valence-corrected chi connectivity index (χ1v) is 7.82. The van der Waals surface area contributed by atoms with Gasteiger partial charge in [0.05, 0.1) is 5.39 Å². The molecule has 0 aliphatic heterocycles. The van der Waals surface area contributed by atoms with E-state index in [1.165, 1.54) is 15.0 Å². The van der Waals surface area contributed by atoms with Crippen molar-refractivity contribution in [1.82, 2.24) is 14.9 Å². The summed E-state index contributed by atoms with van der Waals surface area (Å²) >= 11 is 6.88. The highest BCUT2D eigenvalue weighted by Gasteiger charge is 2.21. The van der Waals surface area contributed by atoms with Gasteiger partial charge in [-0.05, 0) is 37.0 Å². The maximum Gasteiger partial charge on any atom is 0.263 e. The fourth-order valence-electron chi connectivity index (χ4n) is 2.65. The van der Waals surface area contributed by atoms with Crippen molar-refractivity contribution < 1.29 is 4.79 Å². The highest BCUT2D eigenvalue weighted by molar-refractivity contribution is 7.71. The quantitative estimate of drug-likeness (QED) is 0.849. The second-order valence-corrected chi connectivity index (χ2v) is 6.36. The number of aromatic nitrogens is 2. The molecular formula is C13H15N3O2S2. The lowest BCUT2D eigenvalue weighted by atomic mass is 10.2. The van der Waals surface area contributed by atoms with Crippen LogP contribution in [0.4, 0.5) is 0 Å². The first kappa shape index (κ1) is 13.5. The number of hydrogen-bond acceptors (Lipinski definition) is 4. The lowest BCUT2D eigenvalue weighted by Gasteiger charge is -2.06. The second-order valence-electron chi connectivity index (χ2n) is 4.87. The summed E-state index contributed by atoms with van der Waals surface area (Å²) in [4.78, 5) is 29.3. The van der Waals surface area contributed by atoms with Crippen LogP contribution in [-0.2, 0) is 24.2 Å². The number of amides is 1. The van der Waals surface area contributed by atoms with E-state index in [4.69, 9.17) is 12.2 Å². The minimum Gasteiger partial charge on any atom is -0.359 e. The van der Waals surface area contributed by atoms with Gasteiger partial charge >= 0.3 is 0 Å². The molecule has 0 saturated heterocycles. The maximum absolute atomic E-state index is 12.6. The van der Waals surface area contributed by atoms with Crippen LogP contribution in [0.25, 0.3) is 10.2 Å². The van der Waals surface area contributed by atoms with Crippen LogP contribution in [-0.4, -0.2) is 22.5 Å². The first-order chi connectivity index (χ1) is 9.61. The Hall–Kier alpha value is -1.47. The van der Waals surface area contributed by atoms with Gasteiger partial charge in [-0.15, -0.1) is 11.3 Å². The van der Waals surface area contributed by atoms with Gasteiger partial charge in [-0.1, -0.05) is 0 Å². The van der Waals surface area contributed by atoms with E-state index in [9.17, 15) is 9.59 Å². The molecule has 0 bridgehead atoms. The van der Waals surface area contributed by atoms with Crippen LogP contribution in [0.3, 0.4) is 0 Å². The average molecular weight is 309 g/mol. The van der Waals surface area contributed by atoms with Crippen LogP contribution in [0.5, 0.6) is 0 Å². The van der Waals surface area contributed by atoms with Crippen molar-refractivity contribution in [3.8, 4) is 0 Å². The highest BCUT2D eigenvalue weighted by atomic mass is 32.1. The molecule has 2 aromatic heterocycles. The van der Waals surface area contributed by atoms with Gasteiger partial charge in [-0.25, -0.2) is 0 Å². The minimum atomic E-state index is -0.0954. The molecule has 3 rings (SSSR count). The first-order valence-electron chi connectivity index (χ1n) is 6.59. The molecule has 1 amide bonds. The summed E-state index contributed by atoms with van der Waals surface area (Å²) in [5.74, 6) is -0.0954. The Morgan fingerprint density at radius 3 is 3.05 bits per heavy atom. The third kappa shape index (κ3) is 2.10. The summed E-state index contributed by atoms with van der Waals surface area (Å²) in [5.41, 5.74) is 1.11. The summed E-state index contributed by atoms with van der Waals surface area (Å²) in [6, 6.07) is 0. The summed E-state index contributed by atoms with van der Waals surface area (Å²) in [6.07, 6.45) is 3.38. The number of carbonyl (C=O) groups is 1. The van der Waals surface area contributed by atoms with Crippen molar-refractivity contribution in [2.75, 3.05) is 7.05 Å². The van der Waals surface area contributed by atoms with Crippen LogP contribution < -0.4 is 10.9 Å². The average Bonchev–Trinajstić information content (AvgIpc) is 2.97. The predicted octanol–water partition coefficient (Wildman–Crippen LogP) is 1.75. The number of carbonyl (C=O) groups excluding carboxylic acids is 1. The molecule has 0 saturated carbocycles. The molecule has 2 aromatic rings. The zero-order chi connectivity index (χ0) is 14.3. The van der Waals surface area contributed by atoms with E-state index in [0.717, 1.165) is 29.5 Å². The molecular weight excluding hydrogens is 294 g/mol. The Labute approximate surface area is 124 Å². The zero-order valence-electron chi connectivity index (χ0n) is 11.1. The molecule has 106 valence electrons. The van der Waals surface area contributed by atoms with Gasteiger partial charge < -0.3 is 10.3 Å². The molecule has 7 heteroatoms. The smallest absolute Gasteiger partial charge is 0.263 e. The maximum atomic E-state index is 12.6.